The fourth-order valence-electron chi connectivity index (χ4n) is 3.01. The predicted octanol–water partition coefficient (Wildman–Crippen LogP) is 3.25. The van der Waals surface area contributed by atoms with E-state index in [2.05, 4.69) is 6.92 Å². The molecule has 1 aliphatic rings. The van der Waals surface area contributed by atoms with Gasteiger partial charge in [0.15, 0.2) is 0 Å². The number of rotatable bonds is 3. The van der Waals surface area contributed by atoms with Crippen LogP contribution in [0, 0.1) is 11.7 Å². The van der Waals surface area contributed by atoms with Crippen LogP contribution in [0.15, 0.2) is 59.5 Å². The van der Waals surface area contributed by atoms with Crippen molar-refractivity contribution in [3.8, 4) is 0 Å². The highest BCUT2D eigenvalue weighted by Gasteiger charge is 2.37. The second-order valence-electron chi connectivity index (χ2n) is 5.77. The van der Waals surface area contributed by atoms with Crippen LogP contribution in [0.1, 0.15) is 18.4 Å². The van der Waals surface area contributed by atoms with Gasteiger partial charge in [-0.25, -0.2) is 12.8 Å². The molecule has 0 bridgehead atoms. The van der Waals surface area contributed by atoms with Crippen molar-refractivity contribution >= 4 is 10.0 Å². The second kappa shape index (κ2) is 5.82. The molecule has 0 saturated carbocycles. The molecule has 116 valence electrons. The zero-order valence-corrected chi connectivity index (χ0v) is 13.1. The van der Waals surface area contributed by atoms with Crippen molar-refractivity contribution in [2.24, 2.45) is 5.92 Å². The molecule has 22 heavy (non-hydrogen) atoms. The highest BCUT2D eigenvalue weighted by Crippen LogP contribution is 2.35. The third-order valence-corrected chi connectivity index (χ3v) is 6.10. The van der Waals surface area contributed by atoms with Crippen molar-refractivity contribution in [3.05, 3.63) is 66.0 Å². The number of nitrogens with zero attached hydrogens (tertiary/aromatic N) is 1. The molecule has 0 aromatic heterocycles. The van der Waals surface area contributed by atoms with E-state index in [1.54, 1.807) is 0 Å². The Bertz CT molecular complexity index is 744. The largest absolute Gasteiger partial charge is 0.243 e. The summed E-state index contributed by atoms with van der Waals surface area (Å²) in [5, 5.41) is 0. The van der Waals surface area contributed by atoms with E-state index in [0.29, 0.717) is 13.1 Å². The predicted molar refractivity (Wildman–Crippen MR) is 83.5 cm³/mol. The van der Waals surface area contributed by atoms with Crippen molar-refractivity contribution in [1.82, 2.24) is 4.31 Å². The van der Waals surface area contributed by atoms with Gasteiger partial charge in [0.25, 0.3) is 0 Å². The maximum Gasteiger partial charge on any atom is 0.243 e. The highest BCUT2D eigenvalue weighted by molar-refractivity contribution is 7.89. The summed E-state index contributed by atoms with van der Waals surface area (Å²) in [6.45, 7) is 3.02. The number of sulfonamides is 1. The molecule has 0 N–H and O–H groups in total. The van der Waals surface area contributed by atoms with Crippen LogP contribution < -0.4 is 0 Å². The molecule has 1 aliphatic heterocycles. The summed E-state index contributed by atoms with van der Waals surface area (Å²) in [4.78, 5) is 0.148. The standard InChI is InChI=1S/C17H18FNO2S/c1-13-11-19(12-17(13)14-5-3-2-4-6-14)22(20,21)16-9-7-15(18)8-10-16/h2-10,13,17H,11-12H2,1H3. The number of hydrogen-bond acceptors (Lipinski definition) is 2. The van der Waals surface area contributed by atoms with Gasteiger partial charge in [-0.3, -0.25) is 0 Å². The summed E-state index contributed by atoms with van der Waals surface area (Å²) in [7, 11) is -3.56. The lowest BCUT2D eigenvalue weighted by atomic mass is 9.90. The number of benzene rings is 2. The Morgan fingerprint density at radius 1 is 1.00 bits per heavy atom. The Balaban J connectivity index is 1.86. The van der Waals surface area contributed by atoms with Crippen molar-refractivity contribution < 1.29 is 12.8 Å². The first-order valence-corrected chi connectivity index (χ1v) is 8.73. The van der Waals surface area contributed by atoms with Gasteiger partial charge in [0.1, 0.15) is 5.82 Å². The molecule has 1 fully saturated rings. The lowest BCUT2D eigenvalue weighted by Gasteiger charge is -2.16. The van der Waals surface area contributed by atoms with Gasteiger partial charge in [-0.1, -0.05) is 37.3 Å². The molecule has 1 heterocycles. The minimum Gasteiger partial charge on any atom is -0.207 e. The average molecular weight is 319 g/mol. The topological polar surface area (TPSA) is 37.4 Å². The maximum atomic E-state index is 13.0. The van der Waals surface area contributed by atoms with Crippen LogP contribution in [0.3, 0.4) is 0 Å². The smallest absolute Gasteiger partial charge is 0.207 e. The van der Waals surface area contributed by atoms with Crippen LogP contribution in [0.2, 0.25) is 0 Å². The molecule has 1 saturated heterocycles. The number of hydrogen-bond donors (Lipinski definition) is 0. The summed E-state index contributed by atoms with van der Waals surface area (Å²) < 4.78 is 39.8. The van der Waals surface area contributed by atoms with E-state index in [1.807, 2.05) is 30.3 Å². The van der Waals surface area contributed by atoms with Gasteiger partial charge in [-0.2, -0.15) is 4.31 Å². The van der Waals surface area contributed by atoms with Gasteiger partial charge >= 0.3 is 0 Å². The molecule has 2 aromatic rings. The molecule has 3 rings (SSSR count). The Hall–Kier alpha value is -1.72. The van der Waals surface area contributed by atoms with Crippen molar-refractivity contribution in [3.63, 3.8) is 0 Å². The fraction of sp³-hybridized carbons (Fsp3) is 0.294. The fourth-order valence-corrected chi connectivity index (χ4v) is 4.57. The highest BCUT2D eigenvalue weighted by atomic mass is 32.2. The molecule has 0 spiro atoms. The summed E-state index contributed by atoms with van der Waals surface area (Å²) in [6, 6.07) is 15.0. The van der Waals surface area contributed by atoms with Crippen LogP contribution in [-0.2, 0) is 10.0 Å². The first-order chi connectivity index (χ1) is 10.5. The van der Waals surface area contributed by atoms with E-state index in [1.165, 1.54) is 28.6 Å². The normalized spacial score (nSPS) is 22.8. The van der Waals surface area contributed by atoms with Gasteiger partial charge in [0.05, 0.1) is 4.90 Å². The third-order valence-electron chi connectivity index (χ3n) is 4.26. The third kappa shape index (κ3) is 2.78. The van der Waals surface area contributed by atoms with E-state index >= 15 is 0 Å². The van der Waals surface area contributed by atoms with Crippen LogP contribution in [-0.4, -0.2) is 25.8 Å². The summed E-state index contributed by atoms with van der Waals surface area (Å²) in [5.41, 5.74) is 1.16. The Morgan fingerprint density at radius 3 is 2.27 bits per heavy atom. The van der Waals surface area contributed by atoms with Crippen molar-refractivity contribution in [1.29, 1.82) is 0 Å². The summed E-state index contributed by atoms with van der Waals surface area (Å²) in [6.07, 6.45) is 0. The van der Waals surface area contributed by atoms with Gasteiger partial charge in [-0.15, -0.1) is 0 Å². The monoisotopic (exact) mass is 319 g/mol. The quantitative estimate of drug-likeness (QED) is 0.871. The minimum atomic E-state index is -3.56. The van der Waals surface area contributed by atoms with Crippen molar-refractivity contribution in [2.45, 2.75) is 17.7 Å². The minimum absolute atomic E-state index is 0.148. The zero-order chi connectivity index (χ0) is 15.7. The van der Waals surface area contributed by atoms with Crippen LogP contribution >= 0.6 is 0 Å². The second-order valence-corrected chi connectivity index (χ2v) is 7.71. The van der Waals surface area contributed by atoms with E-state index in [-0.39, 0.29) is 16.7 Å². The average Bonchev–Trinajstić information content (AvgIpc) is 2.91. The van der Waals surface area contributed by atoms with Crippen LogP contribution in [0.4, 0.5) is 4.39 Å². The molecule has 5 heteroatoms. The first kappa shape index (κ1) is 15.2. The maximum absolute atomic E-state index is 13.0. The molecule has 0 amide bonds. The molecule has 0 radical (unpaired) electrons. The van der Waals surface area contributed by atoms with Crippen LogP contribution in [0.5, 0.6) is 0 Å². The molecule has 2 atom stereocenters. The first-order valence-electron chi connectivity index (χ1n) is 7.29. The van der Waals surface area contributed by atoms with Gasteiger partial charge in [-0.05, 0) is 35.7 Å². The molecule has 0 aliphatic carbocycles. The Labute approximate surface area is 130 Å². The molecule has 2 unspecified atom stereocenters. The van der Waals surface area contributed by atoms with Gasteiger partial charge in [0.2, 0.25) is 10.0 Å². The van der Waals surface area contributed by atoms with Gasteiger partial charge in [0, 0.05) is 19.0 Å². The molecule has 2 aromatic carbocycles. The molecular weight excluding hydrogens is 301 g/mol. The van der Waals surface area contributed by atoms with Gasteiger partial charge < -0.3 is 0 Å². The Morgan fingerprint density at radius 2 is 1.64 bits per heavy atom. The molecular formula is C17H18FNO2S. The van der Waals surface area contributed by atoms with E-state index in [9.17, 15) is 12.8 Å². The molecule has 3 nitrogen and oxygen atoms in total. The lowest BCUT2D eigenvalue weighted by molar-refractivity contribution is 0.464. The number of halogens is 1. The van der Waals surface area contributed by atoms with E-state index in [4.69, 9.17) is 0 Å². The van der Waals surface area contributed by atoms with Crippen LogP contribution in [0.25, 0.3) is 0 Å². The van der Waals surface area contributed by atoms with E-state index in [0.717, 1.165) is 5.56 Å². The summed E-state index contributed by atoms with van der Waals surface area (Å²) in [5.74, 6) is 0.00458. The SMILES string of the molecule is CC1CN(S(=O)(=O)c2ccc(F)cc2)CC1c1ccccc1. The van der Waals surface area contributed by atoms with Crippen molar-refractivity contribution in [2.75, 3.05) is 13.1 Å². The zero-order valence-electron chi connectivity index (χ0n) is 12.3. The Kier molecular flexibility index (Phi) is 4.02. The lowest BCUT2D eigenvalue weighted by Crippen LogP contribution is -2.29. The summed E-state index contributed by atoms with van der Waals surface area (Å²) >= 11 is 0. The van der Waals surface area contributed by atoms with E-state index < -0.39 is 15.8 Å².